The van der Waals surface area contributed by atoms with E-state index >= 15 is 0 Å². The molecule has 0 saturated carbocycles. The Hall–Kier alpha value is -1.14. The molecule has 3 atom stereocenters. The minimum absolute atomic E-state index is 0.0242. The number of hydrogen-bond donors (Lipinski definition) is 2. The number of hydrogen-bond acceptors (Lipinski definition) is 5. The van der Waals surface area contributed by atoms with Crippen molar-refractivity contribution < 1.29 is 24.2 Å². The summed E-state index contributed by atoms with van der Waals surface area (Å²) in [6.07, 6.45) is -0.146. The fraction of sp³-hybridized carbons (Fsp3) is 0.818. The third kappa shape index (κ3) is 4.32. The second-order valence-corrected chi connectivity index (χ2v) is 4.10. The lowest BCUT2D eigenvalue weighted by molar-refractivity contribution is -0.153. The zero-order valence-corrected chi connectivity index (χ0v) is 10.1. The molecule has 1 rings (SSSR count). The largest absolute Gasteiger partial charge is 0.459 e. The fourth-order valence-corrected chi connectivity index (χ4v) is 1.77. The predicted octanol–water partition coefficient (Wildman–Crippen LogP) is -0.406. The Morgan fingerprint density at radius 3 is 2.76 bits per heavy atom. The lowest BCUT2D eigenvalue weighted by Crippen LogP contribution is -2.30. The van der Waals surface area contributed by atoms with E-state index in [-0.39, 0.29) is 31.5 Å². The Kier molecular flexibility index (Phi) is 5.37. The van der Waals surface area contributed by atoms with Gasteiger partial charge in [0, 0.05) is 19.9 Å². The minimum Gasteiger partial charge on any atom is -0.459 e. The van der Waals surface area contributed by atoms with Crippen LogP contribution in [0.4, 0.5) is 0 Å². The Bertz CT molecular complexity index is 281. The first-order valence-electron chi connectivity index (χ1n) is 5.73. The Labute approximate surface area is 100 Å². The first kappa shape index (κ1) is 13.9. The van der Waals surface area contributed by atoms with Crippen molar-refractivity contribution in [1.29, 1.82) is 0 Å². The summed E-state index contributed by atoms with van der Waals surface area (Å²) in [7, 11) is 1.52. The quantitative estimate of drug-likeness (QED) is 0.643. The summed E-state index contributed by atoms with van der Waals surface area (Å²) in [6, 6.07) is 0. The van der Waals surface area contributed by atoms with E-state index in [1.165, 1.54) is 7.05 Å². The van der Waals surface area contributed by atoms with E-state index in [0.717, 1.165) is 0 Å². The van der Waals surface area contributed by atoms with Crippen LogP contribution in [0.2, 0.25) is 0 Å². The second-order valence-electron chi connectivity index (χ2n) is 4.10. The third-order valence-corrected chi connectivity index (χ3v) is 2.68. The summed E-state index contributed by atoms with van der Waals surface area (Å²) >= 11 is 0. The van der Waals surface area contributed by atoms with Crippen LogP contribution in [-0.2, 0) is 19.1 Å². The van der Waals surface area contributed by atoms with Crippen molar-refractivity contribution in [3.63, 3.8) is 0 Å². The van der Waals surface area contributed by atoms with Gasteiger partial charge < -0.3 is 19.9 Å². The van der Waals surface area contributed by atoms with E-state index in [9.17, 15) is 9.59 Å². The van der Waals surface area contributed by atoms with Crippen LogP contribution in [0.5, 0.6) is 0 Å². The summed E-state index contributed by atoms with van der Waals surface area (Å²) in [5.74, 6) is -0.633. The summed E-state index contributed by atoms with van der Waals surface area (Å²) in [6.45, 7) is 1.69. The molecule has 0 aromatic rings. The van der Waals surface area contributed by atoms with Gasteiger partial charge in [0.1, 0.15) is 12.2 Å². The molecule has 0 aromatic heterocycles. The number of carbonyl (C=O) groups is 2. The molecule has 17 heavy (non-hydrogen) atoms. The number of rotatable bonds is 5. The maximum Gasteiger partial charge on any atom is 0.306 e. The standard InChI is InChI=1S/C11H19NO5/c1-7-5-8(9(6-13)16-7)17-11(15)4-3-10(14)12-2/h7-9,13H,3-6H2,1-2H3,(H,12,14). The van der Waals surface area contributed by atoms with Gasteiger partial charge in [-0.25, -0.2) is 0 Å². The van der Waals surface area contributed by atoms with Gasteiger partial charge in [0.2, 0.25) is 5.91 Å². The zero-order chi connectivity index (χ0) is 12.8. The number of esters is 1. The first-order valence-corrected chi connectivity index (χ1v) is 5.73. The summed E-state index contributed by atoms with van der Waals surface area (Å²) in [5, 5.41) is 11.5. The molecule has 0 radical (unpaired) electrons. The van der Waals surface area contributed by atoms with Gasteiger partial charge in [0.25, 0.3) is 0 Å². The van der Waals surface area contributed by atoms with Gasteiger partial charge in [-0.1, -0.05) is 0 Å². The van der Waals surface area contributed by atoms with Crippen molar-refractivity contribution in [2.24, 2.45) is 0 Å². The number of carbonyl (C=O) groups excluding carboxylic acids is 2. The molecular formula is C11H19NO5. The molecule has 1 saturated heterocycles. The average molecular weight is 245 g/mol. The number of nitrogens with one attached hydrogen (secondary N) is 1. The summed E-state index contributed by atoms with van der Waals surface area (Å²) in [5.41, 5.74) is 0. The highest BCUT2D eigenvalue weighted by Crippen LogP contribution is 2.23. The molecular weight excluding hydrogens is 226 g/mol. The van der Waals surface area contributed by atoms with Crippen LogP contribution in [0.1, 0.15) is 26.2 Å². The molecule has 0 aliphatic carbocycles. The van der Waals surface area contributed by atoms with Gasteiger partial charge >= 0.3 is 5.97 Å². The molecule has 2 N–H and O–H groups in total. The predicted molar refractivity (Wildman–Crippen MR) is 59.2 cm³/mol. The molecule has 3 unspecified atom stereocenters. The smallest absolute Gasteiger partial charge is 0.306 e. The van der Waals surface area contributed by atoms with Crippen molar-refractivity contribution in [3.05, 3.63) is 0 Å². The molecule has 1 amide bonds. The Morgan fingerprint density at radius 1 is 1.47 bits per heavy atom. The highest BCUT2D eigenvalue weighted by atomic mass is 16.6. The van der Waals surface area contributed by atoms with Crippen LogP contribution in [-0.4, -0.2) is 48.9 Å². The molecule has 1 aliphatic rings. The highest BCUT2D eigenvalue weighted by Gasteiger charge is 2.35. The molecule has 98 valence electrons. The van der Waals surface area contributed by atoms with Gasteiger partial charge in [-0.3, -0.25) is 9.59 Å². The summed E-state index contributed by atoms with van der Waals surface area (Å²) < 4.78 is 10.5. The number of amides is 1. The fourth-order valence-electron chi connectivity index (χ4n) is 1.77. The average Bonchev–Trinajstić information content (AvgIpc) is 2.66. The maximum atomic E-state index is 11.4. The van der Waals surface area contributed by atoms with Crippen LogP contribution in [0.15, 0.2) is 0 Å². The van der Waals surface area contributed by atoms with Gasteiger partial charge in [-0.05, 0) is 6.92 Å². The monoisotopic (exact) mass is 245 g/mol. The summed E-state index contributed by atoms with van der Waals surface area (Å²) in [4.78, 5) is 22.4. The number of aliphatic hydroxyl groups is 1. The minimum atomic E-state index is -0.450. The SMILES string of the molecule is CNC(=O)CCC(=O)OC1CC(C)OC1CO. The normalized spacial score (nSPS) is 27.8. The van der Waals surface area contributed by atoms with Crippen molar-refractivity contribution in [2.75, 3.05) is 13.7 Å². The maximum absolute atomic E-state index is 11.4. The van der Waals surface area contributed by atoms with E-state index in [1.807, 2.05) is 6.92 Å². The van der Waals surface area contributed by atoms with E-state index in [1.54, 1.807) is 0 Å². The Balaban J connectivity index is 2.32. The van der Waals surface area contributed by atoms with Crippen LogP contribution >= 0.6 is 0 Å². The van der Waals surface area contributed by atoms with Crippen molar-refractivity contribution in [2.45, 2.75) is 44.5 Å². The molecule has 0 spiro atoms. The van der Waals surface area contributed by atoms with E-state index < -0.39 is 18.2 Å². The van der Waals surface area contributed by atoms with Gasteiger partial charge in [0.05, 0.1) is 19.1 Å². The topological polar surface area (TPSA) is 84.9 Å². The second kappa shape index (κ2) is 6.56. The Morgan fingerprint density at radius 2 is 2.18 bits per heavy atom. The van der Waals surface area contributed by atoms with Gasteiger partial charge in [-0.15, -0.1) is 0 Å². The van der Waals surface area contributed by atoms with Crippen molar-refractivity contribution in [1.82, 2.24) is 5.32 Å². The lowest BCUT2D eigenvalue weighted by Gasteiger charge is -2.16. The lowest BCUT2D eigenvalue weighted by atomic mass is 10.1. The first-order chi connectivity index (χ1) is 8.06. The number of ether oxygens (including phenoxy) is 2. The zero-order valence-electron chi connectivity index (χ0n) is 10.1. The van der Waals surface area contributed by atoms with Crippen LogP contribution < -0.4 is 5.32 Å². The molecule has 1 aliphatic heterocycles. The molecule has 1 heterocycles. The van der Waals surface area contributed by atoms with Crippen LogP contribution in [0.25, 0.3) is 0 Å². The van der Waals surface area contributed by atoms with E-state index in [4.69, 9.17) is 14.6 Å². The third-order valence-electron chi connectivity index (χ3n) is 2.68. The van der Waals surface area contributed by atoms with Crippen molar-refractivity contribution in [3.8, 4) is 0 Å². The van der Waals surface area contributed by atoms with Crippen LogP contribution in [0.3, 0.4) is 0 Å². The molecule has 6 nitrogen and oxygen atoms in total. The molecule has 0 bridgehead atoms. The molecule has 0 aromatic carbocycles. The molecule has 1 fully saturated rings. The molecule has 6 heteroatoms. The van der Waals surface area contributed by atoms with Crippen LogP contribution in [0, 0.1) is 0 Å². The van der Waals surface area contributed by atoms with E-state index in [2.05, 4.69) is 5.32 Å². The highest BCUT2D eigenvalue weighted by molar-refractivity contribution is 5.81. The van der Waals surface area contributed by atoms with Gasteiger partial charge in [0.15, 0.2) is 0 Å². The number of aliphatic hydroxyl groups excluding tert-OH is 1. The van der Waals surface area contributed by atoms with E-state index in [0.29, 0.717) is 6.42 Å². The van der Waals surface area contributed by atoms with Crippen molar-refractivity contribution >= 4 is 11.9 Å². The van der Waals surface area contributed by atoms with Gasteiger partial charge in [-0.2, -0.15) is 0 Å².